The fourth-order valence-corrected chi connectivity index (χ4v) is 1.94. The van der Waals surface area contributed by atoms with Gasteiger partial charge in [-0.1, -0.05) is 12.1 Å². The van der Waals surface area contributed by atoms with Gasteiger partial charge < -0.3 is 15.4 Å². The van der Waals surface area contributed by atoms with E-state index in [4.69, 9.17) is 0 Å². The highest BCUT2D eigenvalue weighted by Crippen LogP contribution is 2.18. The maximum Gasteiger partial charge on any atom is 0.422 e. The second kappa shape index (κ2) is 8.84. The average molecular weight is 379 g/mol. The SMILES string of the molecule is CNC(=O)c1ccc(/C=C/C(=O)Nc2ccc(OCC(F)(F)F)nc2)cc1. The van der Waals surface area contributed by atoms with Gasteiger partial charge in [-0.15, -0.1) is 0 Å². The average Bonchev–Trinajstić information content (AvgIpc) is 2.65. The van der Waals surface area contributed by atoms with Gasteiger partial charge in [-0.25, -0.2) is 4.98 Å². The molecule has 1 heterocycles. The third-order valence-electron chi connectivity index (χ3n) is 3.21. The van der Waals surface area contributed by atoms with Crippen molar-refractivity contribution < 1.29 is 27.5 Å². The van der Waals surface area contributed by atoms with Crippen LogP contribution < -0.4 is 15.4 Å². The fourth-order valence-electron chi connectivity index (χ4n) is 1.94. The summed E-state index contributed by atoms with van der Waals surface area (Å²) in [4.78, 5) is 27.0. The molecule has 0 atom stereocenters. The zero-order valence-corrected chi connectivity index (χ0v) is 14.2. The highest BCUT2D eigenvalue weighted by Gasteiger charge is 2.28. The normalized spacial score (nSPS) is 11.3. The lowest BCUT2D eigenvalue weighted by Crippen LogP contribution is -2.19. The lowest BCUT2D eigenvalue weighted by molar-refractivity contribution is -0.154. The summed E-state index contributed by atoms with van der Waals surface area (Å²) in [6, 6.07) is 9.22. The molecular weight excluding hydrogens is 363 g/mol. The zero-order chi connectivity index (χ0) is 19.9. The standard InChI is InChI=1S/C18H16F3N3O3/c1-22-17(26)13-5-2-12(3-6-13)4-8-15(25)24-14-7-9-16(23-10-14)27-11-18(19,20)21/h2-10H,11H2,1H3,(H,22,26)(H,24,25)/b8-4+. The van der Waals surface area contributed by atoms with Gasteiger partial charge in [-0.2, -0.15) is 13.2 Å². The van der Waals surface area contributed by atoms with Gasteiger partial charge in [0.15, 0.2) is 6.61 Å². The summed E-state index contributed by atoms with van der Waals surface area (Å²) in [5.41, 5.74) is 1.52. The third kappa shape index (κ3) is 6.81. The topological polar surface area (TPSA) is 80.3 Å². The summed E-state index contributed by atoms with van der Waals surface area (Å²) in [5, 5.41) is 5.03. The van der Waals surface area contributed by atoms with Gasteiger partial charge in [-0.05, 0) is 29.8 Å². The number of nitrogens with zero attached hydrogens (tertiary/aromatic N) is 1. The number of hydrogen-bond acceptors (Lipinski definition) is 4. The molecule has 0 fully saturated rings. The lowest BCUT2D eigenvalue weighted by Gasteiger charge is -2.08. The van der Waals surface area contributed by atoms with E-state index in [1.54, 1.807) is 30.3 Å². The molecule has 2 rings (SSSR count). The molecule has 27 heavy (non-hydrogen) atoms. The summed E-state index contributed by atoms with van der Waals surface area (Å²) in [5.74, 6) is -0.855. The van der Waals surface area contributed by atoms with Crippen molar-refractivity contribution in [1.29, 1.82) is 0 Å². The van der Waals surface area contributed by atoms with Crippen molar-refractivity contribution in [3.05, 3.63) is 59.8 Å². The van der Waals surface area contributed by atoms with Crippen molar-refractivity contribution in [1.82, 2.24) is 10.3 Å². The molecule has 9 heteroatoms. The number of carbonyl (C=O) groups excluding carboxylic acids is 2. The number of alkyl halides is 3. The quantitative estimate of drug-likeness (QED) is 0.756. The van der Waals surface area contributed by atoms with E-state index in [2.05, 4.69) is 20.4 Å². The summed E-state index contributed by atoms with van der Waals surface area (Å²) in [6.07, 6.45) is -0.423. The van der Waals surface area contributed by atoms with E-state index in [-0.39, 0.29) is 11.8 Å². The van der Waals surface area contributed by atoms with E-state index in [0.29, 0.717) is 16.8 Å². The maximum atomic E-state index is 12.1. The second-order valence-corrected chi connectivity index (χ2v) is 5.31. The molecule has 0 radical (unpaired) electrons. The number of halogens is 3. The first-order valence-electron chi connectivity index (χ1n) is 7.73. The predicted octanol–water partition coefficient (Wildman–Crippen LogP) is 3.03. The van der Waals surface area contributed by atoms with Crippen LogP contribution in [0.3, 0.4) is 0 Å². The van der Waals surface area contributed by atoms with Crippen LogP contribution >= 0.6 is 0 Å². The first-order valence-corrected chi connectivity index (χ1v) is 7.73. The number of carbonyl (C=O) groups is 2. The number of anilines is 1. The molecule has 1 aromatic heterocycles. The smallest absolute Gasteiger partial charge is 0.422 e. The molecule has 2 aromatic rings. The van der Waals surface area contributed by atoms with Crippen LogP contribution in [0.25, 0.3) is 6.08 Å². The van der Waals surface area contributed by atoms with E-state index in [1.807, 2.05) is 0 Å². The van der Waals surface area contributed by atoms with E-state index >= 15 is 0 Å². The maximum absolute atomic E-state index is 12.1. The lowest BCUT2D eigenvalue weighted by atomic mass is 10.1. The van der Waals surface area contributed by atoms with Crippen molar-refractivity contribution >= 4 is 23.6 Å². The number of hydrogen-bond donors (Lipinski definition) is 2. The highest BCUT2D eigenvalue weighted by molar-refractivity contribution is 6.02. The van der Waals surface area contributed by atoms with Crippen LogP contribution in [0.4, 0.5) is 18.9 Å². The summed E-state index contributed by atoms with van der Waals surface area (Å²) < 4.78 is 40.7. The Bertz CT molecular complexity index is 816. The Morgan fingerprint density at radius 1 is 1.15 bits per heavy atom. The van der Waals surface area contributed by atoms with Crippen LogP contribution in [0.15, 0.2) is 48.7 Å². The minimum Gasteiger partial charge on any atom is -0.468 e. The summed E-state index contributed by atoms with van der Waals surface area (Å²) >= 11 is 0. The van der Waals surface area contributed by atoms with Crippen molar-refractivity contribution in [3.63, 3.8) is 0 Å². The number of rotatable bonds is 6. The Morgan fingerprint density at radius 2 is 1.85 bits per heavy atom. The zero-order valence-electron chi connectivity index (χ0n) is 14.2. The molecule has 0 aliphatic rings. The van der Waals surface area contributed by atoms with Gasteiger partial charge in [0.1, 0.15) is 0 Å². The van der Waals surface area contributed by atoms with Crippen LogP contribution in [-0.4, -0.2) is 36.6 Å². The van der Waals surface area contributed by atoms with Crippen molar-refractivity contribution in [2.45, 2.75) is 6.18 Å². The molecule has 0 aliphatic carbocycles. The Kier molecular flexibility index (Phi) is 6.53. The number of aromatic nitrogens is 1. The Hall–Kier alpha value is -3.36. The monoisotopic (exact) mass is 379 g/mol. The molecular formula is C18H16F3N3O3. The third-order valence-corrected chi connectivity index (χ3v) is 3.21. The Labute approximate surface area is 153 Å². The van der Waals surface area contributed by atoms with E-state index < -0.39 is 18.7 Å². The van der Waals surface area contributed by atoms with E-state index in [9.17, 15) is 22.8 Å². The van der Waals surface area contributed by atoms with Crippen molar-refractivity contribution in [3.8, 4) is 5.88 Å². The number of ether oxygens (including phenoxy) is 1. The minimum absolute atomic E-state index is 0.197. The molecule has 0 saturated carbocycles. The number of amides is 2. The van der Waals surface area contributed by atoms with Crippen LogP contribution in [0, 0.1) is 0 Å². The van der Waals surface area contributed by atoms with Gasteiger partial charge in [0, 0.05) is 24.8 Å². The van der Waals surface area contributed by atoms with Crippen LogP contribution in [0.1, 0.15) is 15.9 Å². The molecule has 2 amide bonds. The van der Waals surface area contributed by atoms with Gasteiger partial charge in [0.2, 0.25) is 11.8 Å². The van der Waals surface area contributed by atoms with Gasteiger partial charge in [0.05, 0.1) is 11.9 Å². The molecule has 2 N–H and O–H groups in total. The molecule has 6 nitrogen and oxygen atoms in total. The number of pyridine rings is 1. The molecule has 0 bridgehead atoms. The Morgan fingerprint density at radius 3 is 2.41 bits per heavy atom. The van der Waals surface area contributed by atoms with E-state index in [0.717, 1.165) is 0 Å². The molecule has 0 saturated heterocycles. The molecule has 1 aromatic carbocycles. The van der Waals surface area contributed by atoms with E-state index in [1.165, 1.54) is 31.5 Å². The van der Waals surface area contributed by atoms with Gasteiger partial charge in [-0.3, -0.25) is 9.59 Å². The first-order chi connectivity index (χ1) is 12.8. The van der Waals surface area contributed by atoms with Gasteiger partial charge in [0.25, 0.3) is 5.91 Å². The van der Waals surface area contributed by atoms with Crippen LogP contribution in [0.5, 0.6) is 5.88 Å². The first kappa shape index (κ1) is 20.0. The minimum atomic E-state index is -4.45. The van der Waals surface area contributed by atoms with Crippen LogP contribution in [-0.2, 0) is 4.79 Å². The van der Waals surface area contributed by atoms with Crippen molar-refractivity contribution in [2.24, 2.45) is 0 Å². The summed E-state index contributed by atoms with van der Waals surface area (Å²) in [6.45, 7) is -1.44. The molecule has 142 valence electrons. The molecule has 0 spiro atoms. The second-order valence-electron chi connectivity index (χ2n) is 5.31. The molecule has 0 unspecified atom stereocenters. The van der Waals surface area contributed by atoms with Crippen LogP contribution in [0.2, 0.25) is 0 Å². The molecule has 0 aliphatic heterocycles. The largest absolute Gasteiger partial charge is 0.468 e. The fraction of sp³-hybridized carbons (Fsp3) is 0.167. The number of nitrogens with one attached hydrogen (secondary N) is 2. The predicted molar refractivity (Wildman–Crippen MR) is 93.3 cm³/mol. The summed E-state index contributed by atoms with van der Waals surface area (Å²) in [7, 11) is 1.53. The Balaban J connectivity index is 1.89. The number of benzene rings is 1. The van der Waals surface area contributed by atoms with Gasteiger partial charge >= 0.3 is 6.18 Å². The van der Waals surface area contributed by atoms with Crippen molar-refractivity contribution in [2.75, 3.05) is 19.0 Å². The highest BCUT2D eigenvalue weighted by atomic mass is 19.4.